The molecule has 0 aliphatic rings. The van der Waals surface area contributed by atoms with Gasteiger partial charge in [-0.05, 0) is 48.0 Å². The summed E-state index contributed by atoms with van der Waals surface area (Å²) in [5.41, 5.74) is 2.49. The summed E-state index contributed by atoms with van der Waals surface area (Å²) in [5.74, 6) is 0.0775. The molecule has 210 valence electrons. The number of aromatic hydroxyl groups is 1. The molecular weight excluding hydrogens is 544 g/mol. The van der Waals surface area contributed by atoms with Crippen molar-refractivity contribution < 1.29 is 23.1 Å². The third kappa shape index (κ3) is 7.05. The van der Waals surface area contributed by atoms with Crippen LogP contribution >= 0.6 is 0 Å². The third-order valence-corrected chi connectivity index (χ3v) is 7.07. The number of pyridine rings is 1. The molecular formula is C29H28N6O5S. The van der Waals surface area contributed by atoms with E-state index in [1.807, 2.05) is 0 Å². The number of hydrogen-bond acceptors (Lipinski definition) is 9. The van der Waals surface area contributed by atoms with Crippen LogP contribution in [0.1, 0.15) is 13.0 Å². The van der Waals surface area contributed by atoms with Crippen LogP contribution in [-0.2, 0) is 21.2 Å². The van der Waals surface area contributed by atoms with Crippen molar-refractivity contribution in [3.05, 3.63) is 96.8 Å². The number of sulfonamides is 1. The minimum Gasteiger partial charge on any atom is -0.508 e. The van der Waals surface area contributed by atoms with Gasteiger partial charge in [-0.25, -0.2) is 18.4 Å². The number of benzene rings is 3. The highest BCUT2D eigenvalue weighted by molar-refractivity contribution is 7.92. The molecule has 5 rings (SSSR count). The van der Waals surface area contributed by atoms with Gasteiger partial charge in [0, 0.05) is 42.0 Å². The summed E-state index contributed by atoms with van der Waals surface area (Å²) < 4.78 is 34.6. The highest BCUT2D eigenvalue weighted by atomic mass is 32.2. The molecule has 0 unspecified atom stereocenters. The van der Waals surface area contributed by atoms with Crippen LogP contribution in [0.4, 0.5) is 23.0 Å². The number of rotatable bonds is 9. The first kappa shape index (κ1) is 28.8. The molecule has 0 aliphatic carbocycles. The second-order valence-electron chi connectivity index (χ2n) is 8.67. The lowest BCUT2D eigenvalue weighted by atomic mass is 10.2. The number of fused-ring (bicyclic) bond motifs is 1. The minimum atomic E-state index is -4.16. The van der Waals surface area contributed by atoms with Crippen molar-refractivity contribution >= 4 is 50.0 Å². The Hall–Kier alpha value is -5.23. The summed E-state index contributed by atoms with van der Waals surface area (Å²) in [7, 11) is -2.70. The molecule has 0 aliphatic heterocycles. The summed E-state index contributed by atoms with van der Waals surface area (Å²) in [6.07, 6.45) is 3.30. The molecule has 4 N–H and O–H groups in total. The maximum Gasteiger partial charge on any atom is 0.263 e. The molecule has 0 saturated carbocycles. The predicted octanol–water partition coefficient (Wildman–Crippen LogP) is 5.10. The highest BCUT2D eigenvalue weighted by Gasteiger charge is 2.20. The van der Waals surface area contributed by atoms with Gasteiger partial charge in [0.2, 0.25) is 5.91 Å². The molecule has 0 saturated heterocycles. The van der Waals surface area contributed by atoms with Crippen LogP contribution < -0.4 is 20.1 Å². The molecule has 5 aromatic rings. The Morgan fingerprint density at radius 3 is 2.29 bits per heavy atom. The summed E-state index contributed by atoms with van der Waals surface area (Å²) >= 11 is 0. The molecule has 1 amide bonds. The zero-order valence-electron chi connectivity index (χ0n) is 21.2. The van der Waals surface area contributed by atoms with E-state index < -0.39 is 10.0 Å². The molecule has 0 atom stereocenters. The number of amides is 1. The van der Waals surface area contributed by atoms with Crippen molar-refractivity contribution in [2.75, 3.05) is 22.5 Å². The summed E-state index contributed by atoms with van der Waals surface area (Å²) in [6, 6.07) is 20.8. The monoisotopic (exact) mass is 572 g/mol. The molecule has 11 nitrogen and oxygen atoms in total. The first-order valence-corrected chi connectivity index (χ1v) is 13.5. The Morgan fingerprint density at radius 2 is 1.59 bits per heavy atom. The molecule has 0 fully saturated rings. The van der Waals surface area contributed by atoms with Crippen molar-refractivity contribution in [1.29, 1.82) is 0 Å². The molecule has 0 bridgehead atoms. The maximum atomic E-state index is 13.4. The molecule has 3 aromatic carbocycles. The lowest BCUT2D eigenvalue weighted by Gasteiger charge is -2.15. The number of aromatic nitrogens is 3. The van der Waals surface area contributed by atoms with E-state index in [0.29, 0.717) is 28.2 Å². The molecule has 0 radical (unpaired) electrons. The van der Waals surface area contributed by atoms with Gasteiger partial charge < -0.3 is 20.5 Å². The smallest absolute Gasteiger partial charge is 0.263 e. The topological polar surface area (TPSA) is 155 Å². The third-order valence-electron chi connectivity index (χ3n) is 5.73. The van der Waals surface area contributed by atoms with Gasteiger partial charge in [0.1, 0.15) is 11.5 Å². The van der Waals surface area contributed by atoms with E-state index in [2.05, 4.69) is 30.3 Å². The Bertz CT molecular complexity index is 1800. The molecule has 12 heteroatoms. The van der Waals surface area contributed by atoms with Crippen LogP contribution in [-0.4, -0.2) is 41.5 Å². The zero-order valence-corrected chi connectivity index (χ0v) is 22.0. The number of phenolic OH excluding ortho intramolecular Hbond substituents is 1. The van der Waals surface area contributed by atoms with Crippen LogP contribution in [0.3, 0.4) is 0 Å². The summed E-state index contributed by atoms with van der Waals surface area (Å²) in [5, 5.41) is 15.8. The first-order valence-electron chi connectivity index (χ1n) is 12.0. The number of nitrogens with one attached hydrogen (secondary N) is 3. The number of carbonyl (C=O) groups excluding carboxylic acids is 1. The largest absolute Gasteiger partial charge is 0.508 e. The highest BCUT2D eigenvalue weighted by Crippen LogP contribution is 2.31. The molecule has 41 heavy (non-hydrogen) atoms. The fraction of sp³-hybridized carbons (Fsp3) is 0.103. The van der Waals surface area contributed by atoms with Crippen molar-refractivity contribution in [3.8, 4) is 11.5 Å². The van der Waals surface area contributed by atoms with Gasteiger partial charge in [0.25, 0.3) is 10.0 Å². The number of nitrogens with zero attached hydrogens (tertiary/aromatic N) is 3. The van der Waals surface area contributed by atoms with E-state index in [-0.39, 0.29) is 42.0 Å². The van der Waals surface area contributed by atoms with Crippen molar-refractivity contribution in [1.82, 2.24) is 15.0 Å². The Balaban J connectivity index is 0.00000387. The minimum absolute atomic E-state index is 0. The van der Waals surface area contributed by atoms with Gasteiger partial charge >= 0.3 is 0 Å². The number of ether oxygens (including phenoxy) is 1. The Morgan fingerprint density at radius 1 is 0.878 bits per heavy atom. The first-order chi connectivity index (χ1) is 19.3. The lowest BCUT2D eigenvalue weighted by molar-refractivity contribution is -0.115. The van der Waals surface area contributed by atoms with Crippen molar-refractivity contribution in [2.45, 2.75) is 18.7 Å². The fourth-order valence-electron chi connectivity index (χ4n) is 3.89. The average molecular weight is 573 g/mol. The number of methoxy groups -OCH3 is 1. The fourth-order valence-corrected chi connectivity index (χ4v) is 4.94. The van der Waals surface area contributed by atoms with Crippen LogP contribution in [0.15, 0.2) is 96.2 Å². The second kappa shape index (κ2) is 12.3. The van der Waals surface area contributed by atoms with Crippen LogP contribution in [0.2, 0.25) is 0 Å². The van der Waals surface area contributed by atoms with Crippen LogP contribution in [0, 0.1) is 0 Å². The Labute approximate surface area is 237 Å². The van der Waals surface area contributed by atoms with Crippen molar-refractivity contribution in [3.63, 3.8) is 0 Å². The second-order valence-corrected chi connectivity index (χ2v) is 10.4. The van der Waals surface area contributed by atoms with Crippen molar-refractivity contribution in [2.24, 2.45) is 0 Å². The Kier molecular flexibility index (Phi) is 8.63. The van der Waals surface area contributed by atoms with Crippen LogP contribution in [0.5, 0.6) is 11.5 Å². The van der Waals surface area contributed by atoms with Gasteiger partial charge in [0.05, 0.1) is 29.5 Å². The van der Waals surface area contributed by atoms with Gasteiger partial charge in [-0.1, -0.05) is 25.6 Å². The predicted molar refractivity (Wildman–Crippen MR) is 158 cm³/mol. The van der Waals surface area contributed by atoms with Gasteiger partial charge in [-0.3, -0.25) is 14.5 Å². The maximum absolute atomic E-state index is 13.4. The van der Waals surface area contributed by atoms with Gasteiger partial charge in [-0.2, -0.15) is 0 Å². The van der Waals surface area contributed by atoms with Gasteiger partial charge in [-0.15, -0.1) is 0 Å². The lowest BCUT2D eigenvalue weighted by Crippen LogP contribution is -2.17. The van der Waals surface area contributed by atoms with E-state index in [1.54, 1.807) is 60.9 Å². The summed E-state index contributed by atoms with van der Waals surface area (Å²) in [4.78, 5) is 25.4. The number of para-hydroxylation sites is 2. The normalized spacial score (nSPS) is 10.9. The van der Waals surface area contributed by atoms with Crippen LogP contribution in [0.25, 0.3) is 11.0 Å². The zero-order chi connectivity index (χ0) is 28.1. The number of carbonyl (C=O) groups is 1. The van der Waals surface area contributed by atoms with E-state index in [0.717, 1.165) is 5.56 Å². The number of phenols is 1. The van der Waals surface area contributed by atoms with Gasteiger partial charge in [0.15, 0.2) is 11.6 Å². The van der Waals surface area contributed by atoms with E-state index in [1.165, 1.54) is 37.4 Å². The molecule has 2 heterocycles. The molecule has 2 aromatic heterocycles. The SMILES string of the molecule is C.COc1cc(O)cc(Nc2nc3ccccc3nc2NS(=O)(=O)c2cccc(NC(=O)Cc3ccncc3)c2)c1. The quantitative estimate of drug-likeness (QED) is 0.189. The number of anilines is 4. The van der Waals surface area contributed by atoms with E-state index in [9.17, 15) is 18.3 Å². The summed E-state index contributed by atoms with van der Waals surface area (Å²) in [6.45, 7) is 0. The van der Waals surface area contributed by atoms with E-state index in [4.69, 9.17) is 4.74 Å². The van der Waals surface area contributed by atoms with E-state index >= 15 is 0 Å². The molecule has 0 spiro atoms. The average Bonchev–Trinajstić information content (AvgIpc) is 2.93. The number of hydrogen-bond donors (Lipinski definition) is 4. The standard InChI is InChI=1S/C28H24N6O5S.CH4/c1-39-22-15-20(14-21(35)17-22)31-27-28(33-25-8-3-2-7-24(25)32-27)34-40(37,38)23-6-4-5-19(16-23)30-26(36)13-18-9-11-29-12-10-18;/h2-12,14-17,35H,13H2,1H3,(H,30,36)(H,31,32)(H,33,34);1H4.